The third kappa shape index (κ3) is 7.02. The Morgan fingerprint density at radius 2 is 2.06 bits per heavy atom. The first-order valence-corrected chi connectivity index (χ1v) is 7.10. The summed E-state index contributed by atoms with van der Waals surface area (Å²) < 4.78 is 11.0. The highest BCUT2D eigenvalue weighted by atomic mass is 16.5. The second-order valence-corrected chi connectivity index (χ2v) is 5.30. The van der Waals surface area contributed by atoms with Gasteiger partial charge in [0.2, 0.25) is 0 Å². The van der Waals surface area contributed by atoms with E-state index in [0.717, 1.165) is 19.6 Å². The summed E-state index contributed by atoms with van der Waals surface area (Å²) in [7, 11) is 1.83. The second-order valence-electron chi connectivity index (χ2n) is 5.30. The van der Waals surface area contributed by atoms with Gasteiger partial charge in [0, 0.05) is 19.8 Å². The first-order valence-electron chi connectivity index (χ1n) is 7.10. The number of hydrogen-bond acceptors (Lipinski definition) is 3. The quantitative estimate of drug-likeness (QED) is 0.665. The lowest BCUT2D eigenvalue weighted by Gasteiger charge is -2.29. The molecular formula is C14H29NO2. The van der Waals surface area contributed by atoms with E-state index in [9.17, 15) is 0 Å². The van der Waals surface area contributed by atoms with Gasteiger partial charge in [-0.2, -0.15) is 0 Å². The van der Waals surface area contributed by atoms with Crippen molar-refractivity contribution in [3.05, 3.63) is 0 Å². The number of ether oxygens (including phenoxy) is 2. The summed E-state index contributed by atoms with van der Waals surface area (Å²) in [6.07, 6.45) is 8.23. The van der Waals surface area contributed by atoms with Crippen LogP contribution in [0.1, 0.15) is 52.4 Å². The standard InChI is InChI=1S/C14H29NO2/c1-12(2)17-10-5-4-9-15-13-7-6-8-14(11-13)16-3/h12-15H,4-11H2,1-3H3. The van der Waals surface area contributed by atoms with E-state index < -0.39 is 0 Å². The summed E-state index contributed by atoms with van der Waals surface area (Å²) in [4.78, 5) is 0. The Kier molecular flexibility index (Phi) is 7.82. The summed E-state index contributed by atoms with van der Waals surface area (Å²) in [5.41, 5.74) is 0. The maximum atomic E-state index is 5.52. The van der Waals surface area contributed by atoms with Crippen LogP contribution < -0.4 is 5.32 Å². The molecular weight excluding hydrogens is 214 g/mol. The fraction of sp³-hybridized carbons (Fsp3) is 1.00. The summed E-state index contributed by atoms with van der Waals surface area (Å²) in [6.45, 7) is 6.18. The van der Waals surface area contributed by atoms with Crippen molar-refractivity contribution in [2.45, 2.75) is 70.6 Å². The summed E-state index contributed by atoms with van der Waals surface area (Å²) in [5.74, 6) is 0. The maximum absolute atomic E-state index is 5.52. The minimum Gasteiger partial charge on any atom is -0.381 e. The summed E-state index contributed by atoms with van der Waals surface area (Å²) in [5, 5.41) is 3.64. The van der Waals surface area contributed by atoms with Crippen molar-refractivity contribution in [2.24, 2.45) is 0 Å². The number of hydrogen-bond donors (Lipinski definition) is 1. The Balaban J connectivity index is 1.95. The van der Waals surface area contributed by atoms with E-state index in [2.05, 4.69) is 19.2 Å². The molecule has 0 amide bonds. The topological polar surface area (TPSA) is 30.5 Å². The van der Waals surface area contributed by atoms with Gasteiger partial charge in [-0.1, -0.05) is 0 Å². The minimum absolute atomic E-state index is 0.365. The number of unbranched alkanes of at least 4 members (excludes halogenated alkanes) is 1. The van der Waals surface area contributed by atoms with Crippen molar-refractivity contribution in [3.8, 4) is 0 Å². The van der Waals surface area contributed by atoms with Crippen molar-refractivity contribution in [2.75, 3.05) is 20.3 Å². The molecule has 17 heavy (non-hydrogen) atoms. The van der Waals surface area contributed by atoms with E-state index in [1.807, 2.05) is 7.11 Å². The Hall–Kier alpha value is -0.120. The molecule has 1 rings (SSSR count). The molecule has 2 atom stereocenters. The first kappa shape index (κ1) is 14.9. The van der Waals surface area contributed by atoms with Gasteiger partial charge < -0.3 is 14.8 Å². The minimum atomic E-state index is 0.365. The number of nitrogens with one attached hydrogen (secondary N) is 1. The molecule has 0 aromatic carbocycles. The van der Waals surface area contributed by atoms with E-state index in [-0.39, 0.29) is 0 Å². The molecule has 0 aromatic rings. The van der Waals surface area contributed by atoms with Crippen LogP contribution in [0.4, 0.5) is 0 Å². The molecule has 102 valence electrons. The highest BCUT2D eigenvalue weighted by Gasteiger charge is 2.20. The lowest BCUT2D eigenvalue weighted by molar-refractivity contribution is 0.0580. The number of rotatable bonds is 8. The van der Waals surface area contributed by atoms with Crippen LogP contribution in [-0.2, 0) is 9.47 Å². The molecule has 3 nitrogen and oxygen atoms in total. The zero-order chi connectivity index (χ0) is 12.5. The molecule has 3 heteroatoms. The van der Waals surface area contributed by atoms with Gasteiger partial charge in [0.15, 0.2) is 0 Å². The Morgan fingerprint density at radius 3 is 2.76 bits per heavy atom. The van der Waals surface area contributed by atoms with Gasteiger partial charge in [-0.3, -0.25) is 0 Å². The molecule has 0 radical (unpaired) electrons. The average Bonchev–Trinajstić information content (AvgIpc) is 2.33. The Bertz CT molecular complexity index is 185. The van der Waals surface area contributed by atoms with Crippen LogP contribution in [0.3, 0.4) is 0 Å². The fourth-order valence-electron chi connectivity index (χ4n) is 2.40. The molecule has 0 aliphatic heterocycles. The molecule has 1 fully saturated rings. The molecule has 0 heterocycles. The molecule has 1 N–H and O–H groups in total. The third-order valence-electron chi connectivity index (χ3n) is 3.41. The highest BCUT2D eigenvalue weighted by molar-refractivity contribution is 4.78. The van der Waals surface area contributed by atoms with E-state index in [1.165, 1.54) is 32.1 Å². The molecule has 1 aliphatic carbocycles. The predicted molar refractivity (Wildman–Crippen MR) is 71.4 cm³/mol. The second kappa shape index (κ2) is 8.90. The first-order chi connectivity index (χ1) is 8.22. The smallest absolute Gasteiger partial charge is 0.0586 e. The van der Waals surface area contributed by atoms with Crippen molar-refractivity contribution in [1.82, 2.24) is 5.32 Å². The normalized spacial score (nSPS) is 25.4. The monoisotopic (exact) mass is 243 g/mol. The zero-order valence-electron chi connectivity index (χ0n) is 11.7. The van der Waals surface area contributed by atoms with Crippen LogP contribution in [0.2, 0.25) is 0 Å². The van der Waals surface area contributed by atoms with Gasteiger partial charge in [-0.25, -0.2) is 0 Å². The molecule has 2 unspecified atom stereocenters. The largest absolute Gasteiger partial charge is 0.381 e. The Morgan fingerprint density at radius 1 is 1.24 bits per heavy atom. The van der Waals surface area contributed by atoms with Crippen molar-refractivity contribution in [1.29, 1.82) is 0 Å². The van der Waals surface area contributed by atoms with E-state index in [0.29, 0.717) is 18.2 Å². The third-order valence-corrected chi connectivity index (χ3v) is 3.41. The van der Waals surface area contributed by atoms with Crippen LogP contribution in [0, 0.1) is 0 Å². The predicted octanol–water partition coefficient (Wildman–Crippen LogP) is 2.74. The van der Waals surface area contributed by atoms with Crippen molar-refractivity contribution in [3.63, 3.8) is 0 Å². The van der Waals surface area contributed by atoms with Gasteiger partial charge in [-0.15, -0.1) is 0 Å². The van der Waals surface area contributed by atoms with Gasteiger partial charge >= 0.3 is 0 Å². The molecule has 0 bridgehead atoms. The number of methoxy groups -OCH3 is 1. The van der Waals surface area contributed by atoms with Crippen LogP contribution in [0.25, 0.3) is 0 Å². The van der Waals surface area contributed by atoms with Crippen LogP contribution in [0.15, 0.2) is 0 Å². The fourth-order valence-corrected chi connectivity index (χ4v) is 2.40. The van der Waals surface area contributed by atoms with Gasteiger partial charge in [0.1, 0.15) is 0 Å². The zero-order valence-corrected chi connectivity index (χ0v) is 11.7. The van der Waals surface area contributed by atoms with Crippen LogP contribution in [0.5, 0.6) is 0 Å². The van der Waals surface area contributed by atoms with E-state index >= 15 is 0 Å². The van der Waals surface area contributed by atoms with Crippen molar-refractivity contribution >= 4 is 0 Å². The molecule has 1 saturated carbocycles. The van der Waals surface area contributed by atoms with Crippen LogP contribution in [-0.4, -0.2) is 38.5 Å². The van der Waals surface area contributed by atoms with E-state index in [1.54, 1.807) is 0 Å². The molecule has 0 saturated heterocycles. The Labute approximate surface area is 106 Å². The summed E-state index contributed by atoms with van der Waals surface area (Å²) in [6, 6.07) is 0.666. The van der Waals surface area contributed by atoms with Gasteiger partial charge in [0.25, 0.3) is 0 Å². The van der Waals surface area contributed by atoms with Crippen LogP contribution >= 0.6 is 0 Å². The SMILES string of the molecule is COC1CCCC(NCCCCOC(C)C)C1. The van der Waals surface area contributed by atoms with Gasteiger partial charge in [0.05, 0.1) is 12.2 Å². The van der Waals surface area contributed by atoms with Gasteiger partial charge in [-0.05, 0) is 58.9 Å². The molecule has 0 aromatic heterocycles. The lowest BCUT2D eigenvalue weighted by Crippen LogP contribution is -2.37. The molecule has 0 spiro atoms. The van der Waals surface area contributed by atoms with E-state index in [4.69, 9.17) is 9.47 Å². The lowest BCUT2D eigenvalue weighted by atomic mass is 9.93. The average molecular weight is 243 g/mol. The maximum Gasteiger partial charge on any atom is 0.0586 e. The van der Waals surface area contributed by atoms with Crippen molar-refractivity contribution < 1.29 is 9.47 Å². The molecule has 1 aliphatic rings. The summed E-state index contributed by atoms with van der Waals surface area (Å²) >= 11 is 0. The highest BCUT2D eigenvalue weighted by Crippen LogP contribution is 2.20.